The lowest BCUT2D eigenvalue weighted by Gasteiger charge is -1.97. The monoisotopic (exact) mass is 196 g/mol. The molecule has 0 radical (unpaired) electrons. The highest BCUT2D eigenvalue weighted by atomic mass is 32.1. The minimum Gasteiger partial charge on any atom is -0.307 e. The number of allylic oxidation sites excluding steroid dienone is 1. The molecule has 0 aliphatic heterocycles. The Morgan fingerprint density at radius 1 is 1.62 bits per heavy atom. The van der Waals surface area contributed by atoms with Crippen molar-refractivity contribution in [2.24, 2.45) is 0 Å². The maximum absolute atomic E-state index is 4.36. The van der Waals surface area contributed by atoms with Crippen LogP contribution in [0.5, 0.6) is 0 Å². The minimum atomic E-state index is 0.877. The Balaban J connectivity index is 2.24. The molecule has 0 saturated carbocycles. The quantitative estimate of drug-likeness (QED) is 0.591. The first kappa shape index (κ1) is 10.4. The molecule has 1 aromatic rings. The molecule has 0 aliphatic rings. The summed E-state index contributed by atoms with van der Waals surface area (Å²) in [6, 6.07) is 0. The number of thiazole rings is 1. The second kappa shape index (κ2) is 5.14. The number of nitrogens with zero attached hydrogens (tertiary/aromatic N) is 1. The Kier molecular flexibility index (Phi) is 4.12. The van der Waals surface area contributed by atoms with Crippen molar-refractivity contribution in [1.82, 2.24) is 10.3 Å². The zero-order valence-electron chi connectivity index (χ0n) is 8.42. The van der Waals surface area contributed by atoms with Crippen LogP contribution >= 0.6 is 11.3 Å². The van der Waals surface area contributed by atoms with Gasteiger partial charge in [0.05, 0.1) is 0 Å². The summed E-state index contributed by atoms with van der Waals surface area (Å²) in [5, 5.41) is 6.57. The molecule has 1 rings (SSSR count). The molecule has 0 spiro atoms. The van der Waals surface area contributed by atoms with Crippen LogP contribution in [-0.4, -0.2) is 11.5 Å². The highest BCUT2D eigenvalue weighted by Gasteiger charge is 1.95. The number of hydrogen-bond donors (Lipinski definition) is 1. The van der Waals surface area contributed by atoms with Gasteiger partial charge in [-0.05, 0) is 20.8 Å². The smallest absolute Gasteiger partial charge is 0.107 e. The third-order valence-electron chi connectivity index (χ3n) is 1.60. The molecule has 0 aliphatic carbocycles. The topological polar surface area (TPSA) is 24.9 Å². The zero-order valence-corrected chi connectivity index (χ0v) is 9.24. The lowest BCUT2D eigenvalue weighted by atomic mass is 10.3. The third-order valence-corrected chi connectivity index (χ3v) is 2.56. The molecule has 0 saturated heterocycles. The van der Waals surface area contributed by atoms with Gasteiger partial charge in [-0.25, -0.2) is 4.98 Å². The minimum absolute atomic E-state index is 0.877. The molecular formula is C10H16N2S. The van der Waals surface area contributed by atoms with Gasteiger partial charge in [0.2, 0.25) is 0 Å². The summed E-state index contributed by atoms with van der Waals surface area (Å²) in [5.41, 5.74) is 2.46. The molecule has 0 fully saturated rings. The van der Waals surface area contributed by atoms with Crippen LogP contribution < -0.4 is 5.32 Å². The van der Waals surface area contributed by atoms with Gasteiger partial charge in [0.15, 0.2) is 0 Å². The number of rotatable bonds is 4. The van der Waals surface area contributed by atoms with Gasteiger partial charge in [0, 0.05) is 24.2 Å². The number of aromatic nitrogens is 1. The van der Waals surface area contributed by atoms with Crippen LogP contribution in [0.25, 0.3) is 0 Å². The molecule has 1 aromatic heterocycles. The van der Waals surface area contributed by atoms with Crippen LogP contribution in [-0.2, 0) is 6.54 Å². The first-order valence-electron chi connectivity index (χ1n) is 4.43. The van der Waals surface area contributed by atoms with Gasteiger partial charge in [0.25, 0.3) is 0 Å². The average Bonchev–Trinajstić information content (AvgIpc) is 2.45. The maximum Gasteiger partial charge on any atom is 0.107 e. The van der Waals surface area contributed by atoms with Crippen molar-refractivity contribution in [3.05, 3.63) is 27.7 Å². The van der Waals surface area contributed by atoms with E-state index < -0.39 is 0 Å². The summed E-state index contributed by atoms with van der Waals surface area (Å²) >= 11 is 1.71. The van der Waals surface area contributed by atoms with Crippen molar-refractivity contribution in [3.8, 4) is 0 Å². The van der Waals surface area contributed by atoms with Gasteiger partial charge in [-0.1, -0.05) is 11.6 Å². The molecular weight excluding hydrogens is 180 g/mol. The zero-order chi connectivity index (χ0) is 9.68. The Morgan fingerprint density at radius 3 is 2.92 bits per heavy atom. The van der Waals surface area contributed by atoms with Crippen molar-refractivity contribution in [2.75, 3.05) is 6.54 Å². The molecule has 2 nitrogen and oxygen atoms in total. The molecule has 1 heterocycles. The molecule has 0 aromatic carbocycles. The molecule has 0 unspecified atom stereocenters. The number of hydrogen-bond acceptors (Lipinski definition) is 3. The van der Waals surface area contributed by atoms with E-state index in [0.29, 0.717) is 0 Å². The molecule has 0 amide bonds. The first-order valence-corrected chi connectivity index (χ1v) is 5.31. The van der Waals surface area contributed by atoms with Crippen molar-refractivity contribution in [1.29, 1.82) is 0 Å². The molecule has 0 bridgehead atoms. The number of nitrogens with one attached hydrogen (secondary N) is 1. The molecule has 72 valence electrons. The van der Waals surface area contributed by atoms with Crippen LogP contribution in [0.15, 0.2) is 17.0 Å². The summed E-state index contributed by atoms with van der Waals surface area (Å²) in [6.07, 6.45) is 2.18. The van der Waals surface area contributed by atoms with Crippen LogP contribution in [0.4, 0.5) is 0 Å². The largest absolute Gasteiger partial charge is 0.307 e. The summed E-state index contributed by atoms with van der Waals surface area (Å²) in [6.45, 7) is 8.05. The second-order valence-corrected chi connectivity index (χ2v) is 4.24. The van der Waals surface area contributed by atoms with E-state index in [1.54, 1.807) is 11.3 Å². The van der Waals surface area contributed by atoms with E-state index in [1.807, 2.05) is 6.92 Å². The van der Waals surface area contributed by atoms with Crippen molar-refractivity contribution in [2.45, 2.75) is 27.3 Å². The highest BCUT2D eigenvalue weighted by Crippen LogP contribution is 2.07. The van der Waals surface area contributed by atoms with Crippen molar-refractivity contribution in [3.63, 3.8) is 0 Å². The van der Waals surface area contributed by atoms with E-state index in [2.05, 4.69) is 35.6 Å². The van der Waals surface area contributed by atoms with Crippen molar-refractivity contribution < 1.29 is 0 Å². The van der Waals surface area contributed by atoms with Gasteiger partial charge in [-0.2, -0.15) is 0 Å². The van der Waals surface area contributed by atoms with E-state index in [-0.39, 0.29) is 0 Å². The summed E-state index contributed by atoms with van der Waals surface area (Å²) in [5.74, 6) is 0. The summed E-state index contributed by atoms with van der Waals surface area (Å²) in [4.78, 5) is 4.36. The fraction of sp³-hybridized carbons (Fsp3) is 0.500. The lowest BCUT2D eigenvalue weighted by molar-refractivity contribution is 0.750. The van der Waals surface area contributed by atoms with Crippen molar-refractivity contribution >= 4 is 11.3 Å². The molecule has 1 N–H and O–H groups in total. The molecule has 0 atom stereocenters. The predicted octanol–water partition coefficient (Wildman–Crippen LogP) is 2.51. The first-order chi connectivity index (χ1) is 6.18. The van der Waals surface area contributed by atoms with Gasteiger partial charge < -0.3 is 5.32 Å². The average molecular weight is 196 g/mol. The van der Waals surface area contributed by atoms with Gasteiger partial charge in [-0.15, -0.1) is 11.3 Å². The Hall–Kier alpha value is -0.670. The third kappa shape index (κ3) is 4.20. The Labute approximate surface area is 83.7 Å². The van der Waals surface area contributed by atoms with Crippen LogP contribution in [0, 0.1) is 6.92 Å². The fourth-order valence-corrected chi connectivity index (χ4v) is 1.68. The van der Waals surface area contributed by atoms with Crippen LogP contribution in [0.2, 0.25) is 0 Å². The van der Waals surface area contributed by atoms with E-state index >= 15 is 0 Å². The second-order valence-electron chi connectivity index (χ2n) is 3.30. The summed E-state index contributed by atoms with van der Waals surface area (Å²) < 4.78 is 0. The standard InChI is InChI=1S/C10H16N2S/c1-8(2)4-5-11-6-10-12-9(3)7-13-10/h4,7,11H,5-6H2,1-3H3. The van der Waals surface area contributed by atoms with Gasteiger partial charge in [0.1, 0.15) is 5.01 Å². The van der Waals surface area contributed by atoms with Crippen LogP contribution in [0.1, 0.15) is 24.5 Å². The van der Waals surface area contributed by atoms with E-state index in [0.717, 1.165) is 18.8 Å². The highest BCUT2D eigenvalue weighted by molar-refractivity contribution is 7.09. The lowest BCUT2D eigenvalue weighted by Crippen LogP contribution is -2.12. The predicted molar refractivity (Wildman–Crippen MR) is 58.0 cm³/mol. The van der Waals surface area contributed by atoms with Gasteiger partial charge >= 0.3 is 0 Å². The summed E-state index contributed by atoms with van der Waals surface area (Å²) in [7, 11) is 0. The van der Waals surface area contributed by atoms with E-state index in [1.165, 1.54) is 10.6 Å². The van der Waals surface area contributed by atoms with E-state index in [4.69, 9.17) is 0 Å². The molecule has 13 heavy (non-hydrogen) atoms. The Bertz CT molecular complexity index is 285. The Morgan fingerprint density at radius 2 is 2.38 bits per heavy atom. The fourth-order valence-electron chi connectivity index (χ4n) is 0.939. The maximum atomic E-state index is 4.36. The van der Waals surface area contributed by atoms with E-state index in [9.17, 15) is 0 Å². The SMILES string of the molecule is CC(C)=CCNCc1nc(C)cs1. The number of aryl methyl sites for hydroxylation is 1. The van der Waals surface area contributed by atoms with Crippen LogP contribution in [0.3, 0.4) is 0 Å². The molecule has 3 heteroatoms. The normalized spacial score (nSPS) is 10.1. The van der Waals surface area contributed by atoms with Gasteiger partial charge in [-0.3, -0.25) is 0 Å².